The van der Waals surface area contributed by atoms with Crippen LogP contribution in [-0.2, 0) is 6.61 Å². The van der Waals surface area contributed by atoms with Gasteiger partial charge in [-0.25, -0.2) is 4.98 Å². The molecule has 0 atom stereocenters. The molecule has 0 spiro atoms. The predicted octanol–water partition coefficient (Wildman–Crippen LogP) is 5.59. The Bertz CT molecular complexity index is 894. The number of aryl methyl sites for hydroxylation is 1. The molecule has 0 aliphatic carbocycles. The lowest BCUT2D eigenvalue weighted by atomic mass is 10.2. The van der Waals surface area contributed by atoms with E-state index in [0.29, 0.717) is 33.7 Å². The maximum absolute atomic E-state index is 12.3. The third-order valence-corrected chi connectivity index (χ3v) is 5.00. The molecule has 7 heteroatoms. The van der Waals surface area contributed by atoms with Gasteiger partial charge in [-0.1, -0.05) is 23.2 Å². The van der Waals surface area contributed by atoms with Gasteiger partial charge >= 0.3 is 0 Å². The van der Waals surface area contributed by atoms with Crippen molar-refractivity contribution in [2.75, 3.05) is 5.32 Å². The van der Waals surface area contributed by atoms with Crippen molar-refractivity contribution >= 4 is 46.1 Å². The van der Waals surface area contributed by atoms with Crippen LogP contribution in [0.25, 0.3) is 0 Å². The Morgan fingerprint density at radius 3 is 2.56 bits per heavy atom. The summed E-state index contributed by atoms with van der Waals surface area (Å²) in [5, 5.41) is 6.50. The molecule has 0 aliphatic heterocycles. The van der Waals surface area contributed by atoms with Crippen molar-refractivity contribution in [1.29, 1.82) is 0 Å². The molecule has 1 amide bonds. The summed E-state index contributed by atoms with van der Waals surface area (Å²) in [6.45, 7) is 2.36. The summed E-state index contributed by atoms with van der Waals surface area (Å²) in [6, 6.07) is 11.9. The number of amides is 1. The second kappa shape index (κ2) is 7.87. The maximum atomic E-state index is 12.3. The van der Waals surface area contributed by atoms with Crippen LogP contribution in [0.2, 0.25) is 10.0 Å². The highest BCUT2D eigenvalue weighted by atomic mass is 35.5. The standard InChI is InChI=1S/C18H14Cl2N2O2S/c1-11-10-25-17(21-11)9-24-14-5-2-12(3-6-14)18(23)22-13-4-7-15(19)16(20)8-13/h2-8,10H,9H2,1H3,(H,22,23). The second-order valence-corrected chi connectivity index (χ2v) is 7.04. The Morgan fingerprint density at radius 1 is 1.16 bits per heavy atom. The van der Waals surface area contributed by atoms with Gasteiger partial charge in [0.25, 0.3) is 5.91 Å². The fourth-order valence-corrected chi connectivity index (χ4v) is 3.07. The average Bonchev–Trinajstić information content (AvgIpc) is 3.02. The van der Waals surface area contributed by atoms with Crippen molar-refractivity contribution < 1.29 is 9.53 Å². The number of anilines is 1. The molecular weight excluding hydrogens is 379 g/mol. The number of halogens is 2. The van der Waals surface area contributed by atoms with Crippen LogP contribution < -0.4 is 10.1 Å². The van der Waals surface area contributed by atoms with Gasteiger partial charge in [0.15, 0.2) is 0 Å². The molecule has 0 saturated carbocycles. The highest BCUT2D eigenvalue weighted by Gasteiger charge is 2.08. The van der Waals surface area contributed by atoms with E-state index in [1.54, 1.807) is 53.8 Å². The normalized spacial score (nSPS) is 10.5. The van der Waals surface area contributed by atoms with Crippen molar-refractivity contribution in [1.82, 2.24) is 4.98 Å². The fraction of sp³-hybridized carbons (Fsp3) is 0.111. The zero-order valence-corrected chi connectivity index (χ0v) is 15.6. The van der Waals surface area contributed by atoms with Crippen molar-refractivity contribution in [3.05, 3.63) is 74.2 Å². The smallest absolute Gasteiger partial charge is 0.255 e. The lowest BCUT2D eigenvalue weighted by Crippen LogP contribution is -2.11. The van der Waals surface area contributed by atoms with E-state index >= 15 is 0 Å². The van der Waals surface area contributed by atoms with Gasteiger partial charge in [0, 0.05) is 22.3 Å². The Balaban J connectivity index is 1.60. The van der Waals surface area contributed by atoms with Gasteiger partial charge in [0.05, 0.1) is 10.0 Å². The van der Waals surface area contributed by atoms with Gasteiger partial charge in [0.2, 0.25) is 0 Å². The van der Waals surface area contributed by atoms with Crippen LogP contribution in [-0.4, -0.2) is 10.9 Å². The SMILES string of the molecule is Cc1csc(COc2ccc(C(=O)Nc3ccc(Cl)c(Cl)c3)cc2)n1. The van der Waals surface area contributed by atoms with Crippen LogP contribution in [0, 0.1) is 6.92 Å². The zero-order valence-electron chi connectivity index (χ0n) is 13.3. The monoisotopic (exact) mass is 392 g/mol. The summed E-state index contributed by atoms with van der Waals surface area (Å²) in [6.07, 6.45) is 0. The van der Waals surface area contributed by atoms with Crippen LogP contribution >= 0.6 is 34.5 Å². The number of thiazole rings is 1. The van der Waals surface area contributed by atoms with Gasteiger partial charge in [-0.3, -0.25) is 4.79 Å². The van der Waals surface area contributed by atoms with Gasteiger partial charge in [-0.2, -0.15) is 0 Å². The molecule has 3 rings (SSSR count). The summed E-state index contributed by atoms with van der Waals surface area (Å²) in [4.78, 5) is 16.6. The molecule has 0 unspecified atom stereocenters. The van der Waals surface area contributed by atoms with Gasteiger partial charge < -0.3 is 10.1 Å². The number of nitrogens with one attached hydrogen (secondary N) is 1. The molecule has 4 nitrogen and oxygen atoms in total. The molecule has 1 N–H and O–H groups in total. The van der Waals surface area contributed by atoms with E-state index in [0.717, 1.165) is 10.7 Å². The van der Waals surface area contributed by atoms with Crippen LogP contribution in [0.15, 0.2) is 47.8 Å². The molecule has 0 fully saturated rings. The largest absolute Gasteiger partial charge is 0.486 e. The molecule has 25 heavy (non-hydrogen) atoms. The molecule has 2 aromatic carbocycles. The predicted molar refractivity (Wildman–Crippen MR) is 102 cm³/mol. The van der Waals surface area contributed by atoms with Crippen LogP contribution in [0.5, 0.6) is 5.75 Å². The minimum absolute atomic E-state index is 0.236. The van der Waals surface area contributed by atoms with Crippen LogP contribution in [0.3, 0.4) is 0 Å². The van der Waals surface area contributed by atoms with E-state index in [2.05, 4.69) is 10.3 Å². The molecule has 128 valence electrons. The van der Waals surface area contributed by atoms with E-state index in [1.165, 1.54) is 0 Å². The van der Waals surface area contributed by atoms with Crippen molar-refractivity contribution in [2.45, 2.75) is 13.5 Å². The minimum atomic E-state index is -0.236. The van der Waals surface area contributed by atoms with Gasteiger partial charge in [0.1, 0.15) is 17.4 Å². The van der Waals surface area contributed by atoms with E-state index < -0.39 is 0 Å². The van der Waals surface area contributed by atoms with Crippen LogP contribution in [0.4, 0.5) is 5.69 Å². The van der Waals surface area contributed by atoms with Crippen molar-refractivity contribution in [2.24, 2.45) is 0 Å². The number of aromatic nitrogens is 1. The van der Waals surface area contributed by atoms with Gasteiger partial charge in [-0.05, 0) is 49.4 Å². The summed E-state index contributed by atoms with van der Waals surface area (Å²) in [7, 11) is 0. The van der Waals surface area contributed by atoms with E-state index in [-0.39, 0.29) is 5.91 Å². The molecule has 0 bridgehead atoms. The average molecular weight is 393 g/mol. The topological polar surface area (TPSA) is 51.2 Å². The third-order valence-electron chi connectivity index (χ3n) is 3.32. The highest BCUT2D eigenvalue weighted by Crippen LogP contribution is 2.25. The first-order valence-corrected chi connectivity index (χ1v) is 9.05. The number of nitrogens with zero attached hydrogens (tertiary/aromatic N) is 1. The van der Waals surface area contributed by atoms with E-state index in [9.17, 15) is 4.79 Å². The summed E-state index contributed by atoms with van der Waals surface area (Å²) < 4.78 is 5.67. The summed E-state index contributed by atoms with van der Waals surface area (Å²) in [5.74, 6) is 0.444. The first kappa shape index (κ1) is 17.7. The Labute approximate surface area is 159 Å². The Hall–Kier alpha value is -2.08. The molecule has 1 heterocycles. The van der Waals surface area contributed by atoms with Crippen LogP contribution in [0.1, 0.15) is 21.1 Å². The first-order chi connectivity index (χ1) is 12.0. The molecule has 1 aromatic heterocycles. The highest BCUT2D eigenvalue weighted by molar-refractivity contribution is 7.09. The number of hydrogen-bond donors (Lipinski definition) is 1. The van der Waals surface area contributed by atoms with Crippen molar-refractivity contribution in [3.63, 3.8) is 0 Å². The molecular formula is C18H14Cl2N2O2S. The van der Waals surface area contributed by atoms with E-state index in [1.807, 2.05) is 12.3 Å². The summed E-state index contributed by atoms with van der Waals surface area (Å²) >= 11 is 13.4. The number of rotatable bonds is 5. The number of carbonyl (C=O) groups is 1. The number of benzene rings is 2. The lowest BCUT2D eigenvalue weighted by molar-refractivity contribution is 0.102. The van der Waals surface area contributed by atoms with E-state index in [4.69, 9.17) is 27.9 Å². The number of carbonyl (C=O) groups excluding carboxylic acids is 1. The molecule has 0 radical (unpaired) electrons. The summed E-state index contributed by atoms with van der Waals surface area (Å²) in [5.41, 5.74) is 2.08. The molecule has 0 saturated heterocycles. The second-order valence-electron chi connectivity index (χ2n) is 5.28. The number of ether oxygens (including phenoxy) is 1. The zero-order chi connectivity index (χ0) is 17.8. The lowest BCUT2D eigenvalue weighted by Gasteiger charge is -2.08. The Morgan fingerprint density at radius 2 is 1.92 bits per heavy atom. The first-order valence-electron chi connectivity index (χ1n) is 7.41. The molecule has 0 aliphatic rings. The Kier molecular flexibility index (Phi) is 5.58. The van der Waals surface area contributed by atoms with Crippen molar-refractivity contribution in [3.8, 4) is 5.75 Å². The minimum Gasteiger partial charge on any atom is -0.486 e. The number of hydrogen-bond acceptors (Lipinski definition) is 4. The molecule has 3 aromatic rings. The third kappa shape index (κ3) is 4.72. The fourth-order valence-electron chi connectivity index (χ4n) is 2.09. The van der Waals surface area contributed by atoms with Gasteiger partial charge in [-0.15, -0.1) is 11.3 Å². The maximum Gasteiger partial charge on any atom is 0.255 e. The quantitative estimate of drug-likeness (QED) is 0.615.